The predicted molar refractivity (Wildman–Crippen MR) is 135 cm³/mol. The summed E-state index contributed by atoms with van der Waals surface area (Å²) in [6, 6.07) is 14.9. The molecule has 0 fully saturated rings. The number of sulfone groups is 1. The number of aryl methyl sites for hydroxylation is 1. The summed E-state index contributed by atoms with van der Waals surface area (Å²) in [5.41, 5.74) is -3.53. The molecule has 12 heteroatoms. The van der Waals surface area contributed by atoms with Crippen LogP contribution in [0.15, 0.2) is 71.6 Å². The van der Waals surface area contributed by atoms with Crippen molar-refractivity contribution in [3.05, 3.63) is 83.7 Å². The topological polar surface area (TPSA) is 111 Å². The molecule has 0 radical (unpaired) electrons. The number of imidazole rings is 1. The summed E-state index contributed by atoms with van der Waals surface area (Å²) in [6.45, 7) is 1.55. The average molecular weight is 548 g/mol. The van der Waals surface area contributed by atoms with Crippen molar-refractivity contribution in [3.63, 3.8) is 0 Å². The minimum Gasteiger partial charge on any atom is -0.494 e. The average Bonchev–Trinajstić information content (AvgIpc) is 3.26. The van der Waals surface area contributed by atoms with Crippen LogP contribution in [0.4, 0.5) is 18.9 Å². The summed E-state index contributed by atoms with van der Waals surface area (Å²) >= 11 is 0. The van der Waals surface area contributed by atoms with Crippen molar-refractivity contribution in [2.45, 2.75) is 30.1 Å². The fourth-order valence-electron chi connectivity index (χ4n) is 4.26. The lowest BCUT2D eigenvalue weighted by Crippen LogP contribution is -2.45. The fourth-order valence-corrected chi connectivity index (χ4v) is 4.93. The van der Waals surface area contributed by atoms with Gasteiger partial charge in [0, 0.05) is 24.1 Å². The SMILES string of the molecule is CCn1c(C(O)(c2ccccc2)C(F)(F)F)nc2ccc(C(=O)Nc3cccc(S(C)(=O)=O)c3)c(OC)c21. The third kappa shape index (κ3) is 4.61. The molecule has 0 aliphatic carbocycles. The Hall–Kier alpha value is -3.90. The summed E-state index contributed by atoms with van der Waals surface area (Å²) in [5.74, 6) is -1.42. The molecule has 200 valence electrons. The minimum absolute atomic E-state index is 0.00114. The number of nitrogens with one attached hydrogen (secondary N) is 1. The molecule has 38 heavy (non-hydrogen) atoms. The van der Waals surface area contributed by atoms with Gasteiger partial charge in [-0.2, -0.15) is 13.2 Å². The van der Waals surface area contributed by atoms with Gasteiger partial charge in [-0.1, -0.05) is 36.4 Å². The number of fused-ring (bicyclic) bond motifs is 1. The van der Waals surface area contributed by atoms with Crippen LogP contribution < -0.4 is 10.1 Å². The van der Waals surface area contributed by atoms with E-state index in [4.69, 9.17) is 4.74 Å². The molecule has 0 spiro atoms. The van der Waals surface area contributed by atoms with Crippen molar-refractivity contribution < 1.29 is 36.2 Å². The number of amides is 1. The number of carbonyl (C=O) groups excluding carboxylic acids is 1. The lowest BCUT2D eigenvalue weighted by Gasteiger charge is -2.30. The highest BCUT2D eigenvalue weighted by Gasteiger charge is 2.59. The number of aromatic nitrogens is 2. The molecule has 0 aliphatic rings. The first-order valence-corrected chi connectivity index (χ1v) is 13.3. The van der Waals surface area contributed by atoms with Gasteiger partial charge in [-0.15, -0.1) is 0 Å². The first-order valence-electron chi connectivity index (χ1n) is 11.4. The molecule has 1 aromatic heterocycles. The van der Waals surface area contributed by atoms with Crippen LogP contribution in [0.2, 0.25) is 0 Å². The number of halogens is 3. The quantitative estimate of drug-likeness (QED) is 0.352. The Labute approximate surface area is 216 Å². The van der Waals surface area contributed by atoms with Gasteiger partial charge in [-0.25, -0.2) is 13.4 Å². The lowest BCUT2D eigenvalue weighted by molar-refractivity contribution is -0.252. The van der Waals surface area contributed by atoms with E-state index in [9.17, 15) is 31.5 Å². The first kappa shape index (κ1) is 27.1. The number of rotatable bonds is 7. The summed E-state index contributed by atoms with van der Waals surface area (Å²) in [5, 5.41) is 13.7. The van der Waals surface area contributed by atoms with Gasteiger partial charge in [0.1, 0.15) is 5.52 Å². The van der Waals surface area contributed by atoms with Crippen molar-refractivity contribution >= 4 is 32.5 Å². The normalized spacial score (nSPS) is 13.8. The summed E-state index contributed by atoms with van der Waals surface area (Å²) in [4.78, 5) is 17.3. The van der Waals surface area contributed by atoms with Gasteiger partial charge in [0.05, 0.1) is 23.1 Å². The number of benzene rings is 3. The molecule has 3 aromatic carbocycles. The second-order valence-corrected chi connectivity index (χ2v) is 10.5. The second-order valence-electron chi connectivity index (χ2n) is 8.52. The zero-order chi connectivity index (χ0) is 27.9. The molecule has 2 N–H and O–H groups in total. The smallest absolute Gasteiger partial charge is 0.428 e. The number of hydrogen-bond acceptors (Lipinski definition) is 6. The van der Waals surface area contributed by atoms with Gasteiger partial charge < -0.3 is 19.7 Å². The van der Waals surface area contributed by atoms with E-state index in [1.807, 2.05) is 0 Å². The van der Waals surface area contributed by atoms with Crippen LogP contribution in [-0.4, -0.2) is 48.5 Å². The molecule has 0 bridgehead atoms. The van der Waals surface area contributed by atoms with E-state index >= 15 is 0 Å². The van der Waals surface area contributed by atoms with Crippen LogP contribution in [0.1, 0.15) is 28.7 Å². The molecule has 1 unspecified atom stereocenters. The molecule has 0 aliphatic heterocycles. The Morgan fingerprint density at radius 2 is 1.76 bits per heavy atom. The van der Waals surface area contributed by atoms with Crippen molar-refractivity contribution in [2.24, 2.45) is 0 Å². The molecule has 4 rings (SSSR count). The van der Waals surface area contributed by atoms with Gasteiger partial charge in [-0.05, 0) is 37.3 Å². The molecule has 1 amide bonds. The number of hydrogen-bond donors (Lipinski definition) is 2. The molecular weight excluding hydrogens is 523 g/mol. The Morgan fingerprint density at radius 3 is 2.34 bits per heavy atom. The number of carbonyl (C=O) groups is 1. The standard InChI is InChI=1S/C26H24F3N3O5S/c1-4-32-21-20(31-24(32)25(34,26(27,28)29)16-9-6-5-7-10-16)14-13-19(22(21)37-2)23(33)30-17-11-8-12-18(15-17)38(3,35)36/h5-15,34H,4H2,1-3H3,(H,30,33). The zero-order valence-corrected chi connectivity index (χ0v) is 21.4. The van der Waals surface area contributed by atoms with Crippen LogP contribution in [0.5, 0.6) is 5.75 Å². The molecule has 0 saturated heterocycles. The predicted octanol–water partition coefficient (Wildman–Crippen LogP) is 4.52. The van der Waals surface area contributed by atoms with Crippen molar-refractivity contribution in [1.29, 1.82) is 0 Å². The van der Waals surface area contributed by atoms with Crippen molar-refractivity contribution in [1.82, 2.24) is 9.55 Å². The van der Waals surface area contributed by atoms with Gasteiger partial charge >= 0.3 is 6.18 Å². The maximum atomic E-state index is 14.4. The highest BCUT2D eigenvalue weighted by molar-refractivity contribution is 7.90. The largest absolute Gasteiger partial charge is 0.494 e. The second kappa shape index (κ2) is 9.76. The van der Waals surface area contributed by atoms with Gasteiger partial charge in [0.25, 0.3) is 5.91 Å². The van der Waals surface area contributed by atoms with Crippen LogP contribution in [0.3, 0.4) is 0 Å². The van der Waals surface area contributed by atoms with E-state index in [2.05, 4.69) is 10.3 Å². The van der Waals surface area contributed by atoms with Gasteiger partial charge in [0.15, 0.2) is 21.4 Å². The Morgan fingerprint density at radius 1 is 1.08 bits per heavy atom. The number of anilines is 1. The number of methoxy groups -OCH3 is 1. The number of aliphatic hydroxyl groups is 1. The molecular formula is C26H24F3N3O5S. The van der Waals surface area contributed by atoms with E-state index < -0.39 is 38.9 Å². The molecule has 1 heterocycles. The van der Waals surface area contributed by atoms with Crippen LogP contribution >= 0.6 is 0 Å². The maximum Gasteiger partial charge on any atom is 0.428 e. The molecule has 8 nitrogen and oxygen atoms in total. The van der Waals surface area contributed by atoms with E-state index in [0.29, 0.717) is 0 Å². The molecule has 1 atom stereocenters. The summed E-state index contributed by atoms with van der Waals surface area (Å²) in [6.07, 6.45) is -4.09. The molecule has 0 saturated carbocycles. The lowest BCUT2D eigenvalue weighted by atomic mass is 9.92. The van der Waals surface area contributed by atoms with Gasteiger partial charge in [-0.3, -0.25) is 4.79 Å². The zero-order valence-electron chi connectivity index (χ0n) is 20.6. The number of ether oxygens (including phenoxy) is 1. The Bertz CT molecular complexity index is 1620. The fraction of sp³-hybridized carbons (Fsp3) is 0.231. The Balaban J connectivity index is 1.88. The van der Waals surface area contributed by atoms with E-state index in [1.165, 1.54) is 61.7 Å². The van der Waals surface area contributed by atoms with Crippen molar-refractivity contribution in [2.75, 3.05) is 18.7 Å². The monoisotopic (exact) mass is 547 g/mol. The summed E-state index contributed by atoms with van der Waals surface area (Å²) < 4.78 is 73.7. The maximum absolute atomic E-state index is 14.4. The van der Waals surface area contributed by atoms with Crippen LogP contribution in [0.25, 0.3) is 11.0 Å². The van der Waals surface area contributed by atoms with E-state index in [1.54, 1.807) is 6.92 Å². The number of nitrogens with zero attached hydrogens (tertiary/aromatic N) is 2. The first-order chi connectivity index (χ1) is 17.8. The third-order valence-electron chi connectivity index (χ3n) is 6.07. The van der Waals surface area contributed by atoms with Crippen molar-refractivity contribution in [3.8, 4) is 5.75 Å². The number of alkyl halides is 3. The summed E-state index contributed by atoms with van der Waals surface area (Å²) in [7, 11) is -2.27. The van der Waals surface area contributed by atoms with Crippen LogP contribution in [0, 0.1) is 0 Å². The van der Waals surface area contributed by atoms with E-state index in [-0.39, 0.29) is 39.5 Å². The molecule has 4 aromatic rings. The highest BCUT2D eigenvalue weighted by Crippen LogP contribution is 2.45. The Kier molecular flexibility index (Phi) is 6.97. The van der Waals surface area contributed by atoms with E-state index in [0.717, 1.165) is 23.0 Å². The highest BCUT2D eigenvalue weighted by atomic mass is 32.2. The third-order valence-corrected chi connectivity index (χ3v) is 7.18. The van der Waals surface area contributed by atoms with Crippen LogP contribution in [-0.2, 0) is 22.0 Å². The van der Waals surface area contributed by atoms with Gasteiger partial charge in [0.2, 0.25) is 5.60 Å². The minimum atomic E-state index is -5.12.